The zero-order valence-corrected chi connectivity index (χ0v) is 16.1. The largest absolute Gasteiger partial charge is 0.393 e. The maximum Gasteiger partial charge on any atom is 0.0577 e. The molecule has 0 aromatic heterocycles. The van der Waals surface area contributed by atoms with Gasteiger partial charge in [0.25, 0.3) is 0 Å². The van der Waals surface area contributed by atoms with Gasteiger partial charge in [0.1, 0.15) is 0 Å². The van der Waals surface area contributed by atoms with Gasteiger partial charge in [0.15, 0.2) is 0 Å². The zero-order chi connectivity index (χ0) is 17.6. The zero-order valence-electron chi connectivity index (χ0n) is 16.1. The number of nitrogens with two attached hydrogens (primary N) is 1. The Bertz CT molecular complexity index is 669. The third-order valence-electron chi connectivity index (χ3n) is 9.97. The van der Waals surface area contributed by atoms with Crippen molar-refractivity contribution in [2.24, 2.45) is 50.9 Å². The standard InChI is InChI=1S/C22H34N2O/c1-13(24-23)22-12-15(22)11-19-17-5-4-14-10-16(25)6-8-20(14,2)18(17)7-9-21(19,22)3/h4,15-19,25H,5-12,23H2,1-3H3/b24-13-/t15-,16-,17+,18-,19-,20-,21-,22-/m0/s1. The molecule has 3 nitrogen and oxygen atoms in total. The molecule has 0 aliphatic heterocycles. The summed E-state index contributed by atoms with van der Waals surface area (Å²) in [6.07, 6.45) is 12.2. The highest BCUT2D eigenvalue weighted by Gasteiger charge is 2.75. The quantitative estimate of drug-likeness (QED) is 0.324. The maximum absolute atomic E-state index is 10.1. The summed E-state index contributed by atoms with van der Waals surface area (Å²) in [5.41, 5.74) is 3.88. The highest BCUT2D eigenvalue weighted by molar-refractivity contribution is 5.92. The van der Waals surface area contributed by atoms with E-state index in [1.807, 2.05) is 0 Å². The number of hydrogen-bond donors (Lipinski definition) is 2. The predicted molar refractivity (Wildman–Crippen MR) is 101 cm³/mol. The van der Waals surface area contributed by atoms with Crippen LogP contribution in [0.4, 0.5) is 0 Å². The third-order valence-corrected chi connectivity index (χ3v) is 9.97. The second kappa shape index (κ2) is 4.91. The number of nitrogens with zero attached hydrogens (tertiary/aromatic N) is 1. The minimum absolute atomic E-state index is 0.101. The van der Waals surface area contributed by atoms with Crippen LogP contribution in [0.15, 0.2) is 16.8 Å². The number of rotatable bonds is 1. The van der Waals surface area contributed by atoms with Crippen LogP contribution in [0.1, 0.15) is 72.1 Å². The first kappa shape index (κ1) is 16.4. The number of allylic oxidation sites excluding steroid dienone is 1. The first-order valence-corrected chi connectivity index (χ1v) is 10.5. The molecule has 0 heterocycles. The van der Waals surface area contributed by atoms with Crippen LogP contribution in [0.2, 0.25) is 0 Å². The van der Waals surface area contributed by atoms with E-state index < -0.39 is 0 Å². The summed E-state index contributed by atoms with van der Waals surface area (Å²) in [4.78, 5) is 0. The lowest BCUT2D eigenvalue weighted by Gasteiger charge is -2.59. The van der Waals surface area contributed by atoms with Gasteiger partial charge in [0.05, 0.1) is 6.10 Å². The molecule has 3 N–H and O–H groups in total. The van der Waals surface area contributed by atoms with Crippen molar-refractivity contribution >= 4 is 5.71 Å². The Morgan fingerprint density at radius 1 is 1.24 bits per heavy atom. The highest BCUT2D eigenvalue weighted by Crippen LogP contribution is 2.80. The molecular weight excluding hydrogens is 308 g/mol. The number of fused-ring (bicyclic) bond motifs is 7. The molecule has 4 saturated carbocycles. The average Bonchev–Trinajstić information content (AvgIpc) is 3.27. The first-order chi connectivity index (χ1) is 11.9. The predicted octanol–water partition coefficient (Wildman–Crippen LogP) is 4.26. The van der Waals surface area contributed by atoms with Gasteiger partial charge in [0, 0.05) is 11.1 Å². The third kappa shape index (κ3) is 1.79. The lowest BCUT2D eigenvalue weighted by Crippen LogP contribution is -2.52. The normalized spacial score (nSPS) is 57.0. The lowest BCUT2D eigenvalue weighted by atomic mass is 9.46. The van der Waals surface area contributed by atoms with Gasteiger partial charge in [-0.25, -0.2) is 0 Å². The molecule has 0 saturated heterocycles. The van der Waals surface area contributed by atoms with E-state index in [0.717, 1.165) is 36.5 Å². The molecule has 0 aromatic carbocycles. The Morgan fingerprint density at radius 3 is 2.80 bits per heavy atom. The van der Waals surface area contributed by atoms with Gasteiger partial charge in [-0.1, -0.05) is 25.5 Å². The van der Waals surface area contributed by atoms with E-state index in [2.05, 4.69) is 31.9 Å². The van der Waals surface area contributed by atoms with Crippen molar-refractivity contribution in [1.29, 1.82) is 0 Å². The lowest BCUT2D eigenvalue weighted by molar-refractivity contribution is -0.0544. The fraction of sp³-hybridized carbons (Fsp3) is 0.864. The summed E-state index contributed by atoms with van der Waals surface area (Å²) < 4.78 is 0. The van der Waals surface area contributed by atoms with Crippen molar-refractivity contribution in [2.45, 2.75) is 78.2 Å². The van der Waals surface area contributed by atoms with E-state index in [9.17, 15) is 5.11 Å². The molecule has 0 amide bonds. The van der Waals surface area contributed by atoms with E-state index in [-0.39, 0.29) is 6.10 Å². The van der Waals surface area contributed by atoms with Crippen molar-refractivity contribution in [1.82, 2.24) is 0 Å². The van der Waals surface area contributed by atoms with Gasteiger partial charge < -0.3 is 10.9 Å². The topological polar surface area (TPSA) is 58.6 Å². The van der Waals surface area contributed by atoms with Crippen molar-refractivity contribution in [2.75, 3.05) is 0 Å². The number of hydrogen-bond acceptors (Lipinski definition) is 3. The van der Waals surface area contributed by atoms with Gasteiger partial charge in [-0.3, -0.25) is 0 Å². The Morgan fingerprint density at radius 2 is 2.04 bits per heavy atom. The molecule has 0 bridgehead atoms. The molecule has 4 fully saturated rings. The van der Waals surface area contributed by atoms with Crippen LogP contribution in [0.5, 0.6) is 0 Å². The van der Waals surface area contributed by atoms with Gasteiger partial charge in [-0.15, -0.1) is 0 Å². The Labute approximate surface area is 152 Å². The van der Waals surface area contributed by atoms with Crippen molar-refractivity contribution in [3.05, 3.63) is 11.6 Å². The first-order valence-electron chi connectivity index (χ1n) is 10.5. The van der Waals surface area contributed by atoms with Crippen LogP contribution >= 0.6 is 0 Å². The van der Waals surface area contributed by atoms with Crippen LogP contribution in [0.3, 0.4) is 0 Å². The van der Waals surface area contributed by atoms with Gasteiger partial charge in [0.2, 0.25) is 0 Å². The maximum atomic E-state index is 10.1. The Kier molecular flexibility index (Phi) is 3.21. The van der Waals surface area contributed by atoms with Crippen molar-refractivity contribution in [3.8, 4) is 0 Å². The molecule has 138 valence electrons. The molecule has 0 radical (unpaired) electrons. The van der Waals surface area contributed by atoms with E-state index in [1.165, 1.54) is 44.2 Å². The molecule has 5 aliphatic carbocycles. The molecule has 5 aliphatic rings. The summed E-state index contributed by atoms with van der Waals surface area (Å²) >= 11 is 0. The number of aliphatic hydroxyl groups excluding tert-OH is 1. The van der Waals surface area contributed by atoms with Crippen LogP contribution < -0.4 is 5.84 Å². The van der Waals surface area contributed by atoms with Gasteiger partial charge in [-0.05, 0) is 92.8 Å². The van der Waals surface area contributed by atoms with Crippen LogP contribution in [-0.4, -0.2) is 16.9 Å². The molecule has 3 heteroatoms. The van der Waals surface area contributed by atoms with E-state index in [1.54, 1.807) is 5.57 Å². The van der Waals surface area contributed by atoms with Crippen LogP contribution in [0, 0.1) is 39.9 Å². The minimum atomic E-state index is -0.101. The van der Waals surface area contributed by atoms with Crippen LogP contribution in [-0.2, 0) is 0 Å². The molecular formula is C22H34N2O. The molecule has 25 heavy (non-hydrogen) atoms. The fourth-order valence-electron chi connectivity index (χ4n) is 8.54. The van der Waals surface area contributed by atoms with Crippen molar-refractivity contribution in [3.63, 3.8) is 0 Å². The Balaban J connectivity index is 1.51. The second-order valence-corrected chi connectivity index (χ2v) is 10.4. The van der Waals surface area contributed by atoms with E-state index in [0.29, 0.717) is 16.2 Å². The Hall–Kier alpha value is -0.830. The molecule has 0 spiro atoms. The van der Waals surface area contributed by atoms with Crippen molar-refractivity contribution < 1.29 is 5.11 Å². The van der Waals surface area contributed by atoms with E-state index in [4.69, 9.17) is 5.84 Å². The number of hydrazone groups is 1. The monoisotopic (exact) mass is 342 g/mol. The summed E-state index contributed by atoms with van der Waals surface area (Å²) in [6.45, 7) is 7.27. The SMILES string of the molecule is C/C(=N/N)[C@@]12C[C@@H]1C[C@H]1[C@@H]3CC=C4C[C@@H](O)CC[C@]4(C)[C@H]3CC[C@@]12C. The highest BCUT2D eigenvalue weighted by atomic mass is 16.3. The summed E-state index contributed by atoms with van der Waals surface area (Å²) in [7, 11) is 0. The second-order valence-electron chi connectivity index (χ2n) is 10.4. The van der Waals surface area contributed by atoms with Gasteiger partial charge >= 0.3 is 0 Å². The summed E-state index contributed by atoms with van der Waals surface area (Å²) in [5, 5.41) is 14.3. The average molecular weight is 343 g/mol. The summed E-state index contributed by atoms with van der Waals surface area (Å²) in [5.74, 6) is 9.08. The van der Waals surface area contributed by atoms with Crippen LogP contribution in [0.25, 0.3) is 0 Å². The van der Waals surface area contributed by atoms with Gasteiger partial charge in [-0.2, -0.15) is 5.10 Å². The molecule has 5 rings (SSSR count). The molecule has 8 atom stereocenters. The minimum Gasteiger partial charge on any atom is -0.393 e. The molecule has 0 unspecified atom stereocenters. The smallest absolute Gasteiger partial charge is 0.0577 e. The number of aliphatic hydroxyl groups is 1. The molecule has 0 aromatic rings. The summed E-state index contributed by atoms with van der Waals surface area (Å²) in [6, 6.07) is 0. The fourth-order valence-corrected chi connectivity index (χ4v) is 8.54. The van der Waals surface area contributed by atoms with E-state index >= 15 is 0 Å².